The van der Waals surface area contributed by atoms with Crippen LogP contribution in [0.15, 0.2) is 41.0 Å². The molecule has 1 aliphatic carbocycles. The highest BCUT2D eigenvalue weighted by atomic mass is 16.3. The van der Waals surface area contributed by atoms with Gasteiger partial charge < -0.3 is 9.73 Å². The van der Waals surface area contributed by atoms with Crippen molar-refractivity contribution in [2.24, 2.45) is 0 Å². The van der Waals surface area contributed by atoms with Crippen molar-refractivity contribution in [2.45, 2.75) is 38.4 Å². The highest BCUT2D eigenvalue weighted by Gasteiger charge is 2.29. The number of benzene rings is 1. The van der Waals surface area contributed by atoms with Gasteiger partial charge in [-0.05, 0) is 48.6 Å². The summed E-state index contributed by atoms with van der Waals surface area (Å²) in [5.74, 6) is 1.07. The molecule has 1 aliphatic heterocycles. The van der Waals surface area contributed by atoms with Crippen LogP contribution in [0.2, 0.25) is 0 Å². The first-order chi connectivity index (χ1) is 9.88. The second kappa shape index (κ2) is 4.98. The zero-order chi connectivity index (χ0) is 13.4. The van der Waals surface area contributed by atoms with Crippen LogP contribution >= 0.6 is 0 Å². The van der Waals surface area contributed by atoms with E-state index in [4.69, 9.17) is 4.42 Å². The Morgan fingerprint density at radius 3 is 2.95 bits per heavy atom. The number of nitrogens with one attached hydrogen (secondary N) is 1. The molecule has 0 unspecified atom stereocenters. The molecule has 20 heavy (non-hydrogen) atoms. The van der Waals surface area contributed by atoms with E-state index in [-0.39, 0.29) is 0 Å². The monoisotopic (exact) mass is 268 g/mol. The summed E-state index contributed by atoms with van der Waals surface area (Å²) < 4.78 is 5.50. The summed E-state index contributed by atoms with van der Waals surface area (Å²) in [6.07, 6.45) is 5.57. The summed E-state index contributed by atoms with van der Waals surface area (Å²) in [4.78, 5) is 2.54. The number of hydrogen-bond acceptors (Lipinski definition) is 3. The lowest BCUT2D eigenvalue weighted by molar-refractivity contribution is 0.225. The lowest BCUT2D eigenvalue weighted by Crippen LogP contribution is -2.24. The highest BCUT2D eigenvalue weighted by molar-refractivity contribution is 5.57. The van der Waals surface area contributed by atoms with Gasteiger partial charge in [0.05, 0.1) is 12.8 Å². The van der Waals surface area contributed by atoms with Gasteiger partial charge in [-0.15, -0.1) is 0 Å². The number of rotatable bonds is 5. The Balaban J connectivity index is 1.50. The summed E-state index contributed by atoms with van der Waals surface area (Å²) in [5.41, 5.74) is 4.19. The van der Waals surface area contributed by atoms with Crippen molar-refractivity contribution in [2.75, 3.05) is 11.9 Å². The van der Waals surface area contributed by atoms with E-state index in [2.05, 4.69) is 34.5 Å². The molecular weight excluding hydrogens is 248 g/mol. The van der Waals surface area contributed by atoms with Gasteiger partial charge in [0.25, 0.3) is 0 Å². The predicted octanol–water partition coefficient (Wildman–Crippen LogP) is 3.41. The Kier molecular flexibility index (Phi) is 3.00. The molecule has 1 aromatic carbocycles. The lowest BCUT2D eigenvalue weighted by Gasteiger charge is -2.21. The molecular formula is C17H20N2O. The molecule has 0 saturated heterocycles. The maximum Gasteiger partial charge on any atom is 0.117 e. The fourth-order valence-electron chi connectivity index (χ4n) is 3.03. The highest BCUT2D eigenvalue weighted by Crippen LogP contribution is 2.31. The number of nitrogens with zero attached hydrogens (tertiary/aromatic N) is 1. The lowest BCUT2D eigenvalue weighted by atomic mass is 10.1. The van der Waals surface area contributed by atoms with Gasteiger partial charge in [-0.25, -0.2) is 0 Å². The first-order valence-corrected chi connectivity index (χ1v) is 7.50. The number of fused-ring (bicyclic) bond motifs is 1. The van der Waals surface area contributed by atoms with E-state index in [0.29, 0.717) is 0 Å². The molecule has 0 amide bonds. The minimum atomic E-state index is 0.737. The second-order valence-corrected chi connectivity index (χ2v) is 5.88. The van der Waals surface area contributed by atoms with Crippen LogP contribution in [0.3, 0.4) is 0 Å². The van der Waals surface area contributed by atoms with Gasteiger partial charge in [0.2, 0.25) is 0 Å². The Bertz CT molecular complexity index is 587. The third kappa shape index (κ3) is 2.46. The fourth-order valence-corrected chi connectivity index (χ4v) is 3.03. The van der Waals surface area contributed by atoms with E-state index in [0.717, 1.165) is 37.9 Å². The molecule has 2 aromatic rings. The first-order valence-electron chi connectivity index (χ1n) is 7.50. The van der Waals surface area contributed by atoms with Gasteiger partial charge in [-0.2, -0.15) is 0 Å². The SMILES string of the molecule is c1coc(CN(Cc2ccc3c(c2)NCC3)C2CC2)c1. The molecule has 1 aromatic heterocycles. The van der Waals surface area contributed by atoms with Crippen LogP contribution in [0.25, 0.3) is 0 Å². The largest absolute Gasteiger partial charge is 0.468 e. The van der Waals surface area contributed by atoms with Crippen molar-refractivity contribution in [1.82, 2.24) is 4.90 Å². The van der Waals surface area contributed by atoms with Crippen LogP contribution in [0.5, 0.6) is 0 Å². The van der Waals surface area contributed by atoms with E-state index in [9.17, 15) is 0 Å². The molecule has 3 nitrogen and oxygen atoms in total. The van der Waals surface area contributed by atoms with Crippen molar-refractivity contribution < 1.29 is 4.42 Å². The molecule has 4 rings (SSSR count). The summed E-state index contributed by atoms with van der Waals surface area (Å²) in [6, 6.07) is 11.7. The molecule has 1 N–H and O–H groups in total. The molecule has 0 spiro atoms. The van der Waals surface area contributed by atoms with Gasteiger partial charge in [-0.1, -0.05) is 12.1 Å². The molecule has 104 valence electrons. The average Bonchev–Trinajstić information content (AvgIpc) is 2.99. The van der Waals surface area contributed by atoms with Crippen molar-refractivity contribution in [3.05, 3.63) is 53.5 Å². The first kappa shape index (κ1) is 12.0. The average molecular weight is 268 g/mol. The smallest absolute Gasteiger partial charge is 0.117 e. The molecule has 2 aliphatic rings. The number of hydrogen-bond donors (Lipinski definition) is 1. The minimum absolute atomic E-state index is 0.737. The summed E-state index contributed by atoms with van der Waals surface area (Å²) in [7, 11) is 0. The second-order valence-electron chi connectivity index (χ2n) is 5.88. The summed E-state index contributed by atoms with van der Waals surface area (Å²) >= 11 is 0. The Morgan fingerprint density at radius 1 is 1.20 bits per heavy atom. The van der Waals surface area contributed by atoms with Crippen LogP contribution in [0.4, 0.5) is 5.69 Å². The standard InChI is InChI=1S/C17H20N2O/c1-2-16(20-9-1)12-19(15-5-6-15)11-13-3-4-14-7-8-18-17(14)10-13/h1-4,9-10,15,18H,5-8,11-12H2. The fraction of sp³-hybridized carbons (Fsp3) is 0.412. The molecule has 2 heterocycles. The van der Waals surface area contributed by atoms with Crippen LogP contribution in [-0.4, -0.2) is 17.5 Å². The van der Waals surface area contributed by atoms with Crippen molar-refractivity contribution in [3.63, 3.8) is 0 Å². The van der Waals surface area contributed by atoms with E-state index in [1.165, 1.54) is 29.7 Å². The zero-order valence-corrected chi connectivity index (χ0v) is 11.6. The van der Waals surface area contributed by atoms with Gasteiger partial charge in [0.15, 0.2) is 0 Å². The third-order valence-corrected chi connectivity index (χ3v) is 4.27. The number of anilines is 1. The zero-order valence-electron chi connectivity index (χ0n) is 11.6. The molecule has 0 radical (unpaired) electrons. The van der Waals surface area contributed by atoms with Crippen molar-refractivity contribution in [1.29, 1.82) is 0 Å². The van der Waals surface area contributed by atoms with E-state index in [1.807, 2.05) is 6.07 Å². The Hall–Kier alpha value is -1.74. The van der Waals surface area contributed by atoms with Gasteiger partial charge in [0.1, 0.15) is 5.76 Å². The summed E-state index contributed by atoms with van der Waals surface area (Å²) in [6.45, 7) is 3.01. The molecule has 0 atom stereocenters. The minimum Gasteiger partial charge on any atom is -0.468 e. The maximum atomic E-state index is 5.50. The van der Waals surface area contributed by atoms with Gasteiger partial charge in [0, 0.05) is 24.8 Å². The van der Waals surface area contributed by atoms with Crippen molar-refractivity contribution >= 4 is 5.69 Å². The van der Waals surface area contributed by atoms with Crippen LogP contribution in [0.1, 0.15) is 29.7 Å². The molecule has 0 bridgehead atoms. The van der Waals surface area contributed by atoms with Crippen LogP contribution in [-0.2, 0) is 19.5 Å². The third-order valence-electron chi connectivity index (χ3n) is 4.27. The van der Waals surface area contributed by atoms with Gasteiger partial charge >= 0.3 is 0 Å². The van der Waals surface area contributed by atoms with E-state index < -0.39 is 0 Å². The molecule has 1 saturated carbocycles. The van der Waals surface area contributed by atoms with Gasteiger partial charge in [-0.3, -0.25) is 4.90 Å². The van der Waals surface area contributed by atoms with Crippen molar-refractivity contribution in [3.8, 4) is 0 Å². The van der Waals surface area contributed by atoms with E-state index >= 15 is 0 Å². The van der Waals surface area contributed by atoms with E-state index in [1.54, 1.807) is 6.26 Å². The van der Waals surface area contributed by atoms with Crippen LogP contribution in [0, 0.1) is 0 Å². The molecule has 1 fully saturated rings. The summed E-state index contributed by atoms with van der Waals surface area (Å²) in [5, 5.41) is 3.47. The topological polar surface area (TPSA) is 28.4 Å². The van der Waals surface area contributed by atoms with Crippen LogP contribution < -0.4 is 5.32 Å². The molecule has 3 heteroatoms. The number of furan rings is 1. The normalized spacial score (nSPS) is 17.2. The Morgan fingerprint density at radius 2 is 2.15 bits per heavy atom. The quantitative estimate of drug-likeness (QED) is 0.900. The maximum absolute atomic E-state index is 5.50. The Labute approximate surface area is 119 Å². The predicted molar refractivity (Wildman–Crippen MR) is 79.6 cm³/mol.